The van der Waals surface area contributed by atoms with Crippen LogP contribution in [0.4, 0.5) is 0 Å². The van der Waals surface area contributed by atoms with E-state index in [1.807, 2.05) is 0 Å². The molecule has 0 aliphatic carbocycles. The minimum absolute atomic E-state index is 0.634. The van der Waals surface area contributed by atoms with Crippen LogP contribution in [0, 0.1) is 11.8 Å². The van der Waals surface area contributed by atoms with E-state index in [4.69, 9.17) is 0 Å². The van der Waals surface area contributed by atoms with Crippen molar-refractivity contribution in [2.75, 3.05) is 13.1 Å². The summed E-state index contributed by atoms with van der Waals surface area (Å²) in [7, 11) is 0. The predicted molar refractivity (Wildman–Crippen MR) is 75.1 cm³/mol. The largest absolute Gasteiger partial charge is 0.292 e. The molecule has 0 heterocycles. The molecule has 102 valence electrons. The molecule has 0 saturated heterocycles. The van der Waals surface area contributed by atoms with Gasteiger partial charge in [0, 0.05) is 6.54 Å². The lowest BCUT2D eigenvalue weighted by Crippen LogP contribution is -2.11. The van der Waals surface area contributed by atoms with E-state index in [-0.39, 0.29) is 0 Å². The lowest BCUT2D eigenvalue weighted by Gasteiger charge is -2.14. The van der Waals surface area contributed by atoms with Crippen molar-refractivity contribution < 1.29 is 0 Å². The highest BCUT2D eigenvalue weighted by atomic mass is 15.4. The molecule has 0 amide bonds. The molecule has 2 unspecified atom stereocenters. The molecule has 0 radical (unpaired) electrons. The van der Waals surface area contributed by atoms with E-state index >= 15 is 0 Å². The summed E-state index contributed by atoms with van der Waals surface area (Å²) < 4.78 is 0. The zero-order chi connectivity index (χ0) is 12.9. The molecule has 3 heteroatoms. The normalized spacial score (nSPS) is 15.1. The highest BCUT2D eigenvalue weighted by Gasteiger charge is 2.08. The second-order valence-electron chi connectivity index (χ2n) is 5.11. The first-order valence-electron chi connectivity index (χ1n) is 7.31. The first-order chi connectivity index (χ1) is 8.22. The molecule has 0 spiro atoms. The average molecular weight is 241 g/mol. The van der Waals surface area contributed by atoms with Crippen LogP contribution < -0.4 is 5.43 Å². The zero-order valence-electron chi connectivity index (χ0n) is 12.2. The van der Waals surface area contributed by atoms with E-state index in [0.29, 0.717) is 5.92 Å². The van der Waals surface area contributed by atoms with Gasteiger partial charge in [-0.15, -0.1) is 0 Å². The Balaban J connectivity index is 3.30. The van der Waals surface area contributed by atoms with Gasteiger partial charge in [-0.1, -0.05) is 65.0 Å². The number of unbranched alkanes of at least 4 members (excludes halogenated alkanes) is 4. The lowest BCUT2D eigenvalue weighted by molar-refractivity contribution is 0.378. The quantitative estimate of drug-likeness (QED) is 0.320. The third-order valence-electron chi connectivity index (χ3n) is 3.52. The van der Waals surface area contributed by atoms with Crippen LogP contribution in [0.3, 0.4) is 0 Å². The first-order valence-corrected chi connectivity index (χ1v) is 7.31. The summed E-state index contributed by atoms with van der Waals surface area (Å²) in [5.41, 5.74) is 3.03. The van der Waals surface area contributed by atoms with Crippen molar-refractivity contribution in [2.24, 2.45) is 22.2 Å². The van der Waals surface area contributed by atoms with Crippen LogP contribution in [0.2, 0.25) is 0 Å². The Kier molecular flexibility index (Phi) is 11.5. The second kappa shape index (κ2) is 11.9. The van der Waals surface area contributed by atoms with E-state index in [9.17, 15) is 0 Å². The Hall–Kier alpha value is -0.600. The summed E-state index contributed by atoms with van der Waals surface area (Å²) in [6.45, 7) is 10.8. The molecule has 0 rings (SSSR count). The molecule has 0 aliphatic heterocycles. The molecule has 0 aromatic heterocycles. The maximum Gasteiger partial charge on any atom is 0.0648 e. The lowest BCUT2D eigenvalue weighted by atomic mass is 9.94. The van der Waals surface area contributed by atoms with Crippen LogP contribution in [0.5, 0.6) is 0 Å². The zero-order valence-corrected chi connectivity index (χ0v) is 12.2. The SMILES string of the molecule is CCCCCCCNN=NCC(C)C(C)CC. The molecular weight excluding hydrogens is 210 g/mol. The van der Waals surface area contributed by atoms with Gasteiger partial charge in [-0.25, -0.2) is 0 Å². The Labute approximate surface area is 107 Å². The predicted octanol–water partition coefficient (Wildman–Crippen LogP) is 4.60. The number of hydrogen-bond donors (Lipinski definition) is 1. The Bertz CT molecular complexity index is 180. The van der Waals surface area contributed by atoms with Crippen molar-refractivity contribution in [2.45, 2.75) is 66.2 Å². The molecule has 1 N–H and O–H groups in total. The van der Waals surface area contributed by atoms with Crippen LogP contribution in [0.1, 0.15) is 66.2 Å². The Morgan fingerprint density at radius 2 is 1.65 bits per heavy atom. The van der Waals surface area contributed by atoms with Crippen molar-refractivity contribution in [1.82, 2.24) is 5.43 Å². The molecule has 0 aromatic carbocycles. The molecular formula is C14H31N3. The molecule has 3 nitrogen and oxygen atoms in total. The fourth-order valence-electron chi connectivity index (χ4n) is 1.66. The van der Waals surface area contributed by atoms with Gasteiger partial charge in [0.1, 0.15) is 0 Å². The summed E-state index contributed by atoms with van der Waals surface area (Å²) >= 11 is 0. The smallest absolute Gasteiger partial charge is 0.0648 e. The second-order valence-corrected chi connectivity index (χ2v) is 5.11. The summed E-state index contributed by atoms with van der Waals surface area (Å²) in [4.78, 5) is 0. The Morgan fingerprint density at radius 3 is 2.29 bits per heavy atom. The number of rotatable bonds is 11. The highest BCUT2D eigenvalue weighted by Crippen LogP contribution is 2.14. The van der Waals surface area contributed by atoms with Gasteiger partial charge in [-0.3, -0.25) is 5.43 Å². The van der Waals surface area contributed by atoms with Crippen LogP contribution >= 0.6 is 0 Å². The molecule has 0 saturated carbocycles. The fourth-order valence-corrected chi connectivity index (χ4v) is 1.66. The molecule has 17 heavy (non-hydrogen) atoms. The van der Waals surface area contributed by atoms with Crippen LogP contribution in [-0.4, -0.2) is 13.1 Å². The van der Waals surface area contributed by atoms with Gasteiger partial charge in [-0.05, 0) is 18.3 Å². The summed E-state index contributed by atoms with van der Waals surface area (Å²) in [5.74, 6) is 1.37. The monoisotopic (exact) mass is 241 g/mol. The summed E-state index contributed by atoms with van der Waals surface area (Å²) in [5, 5.41) is 8.21. The number of nitrogens with one attached hydrogen (secondary N) is 1. The van der Waals surface area contributed by atoms with Gasteiger partial charge in [0.15, 0.2) is 0 Å². The van der Waals surface area contributed by atoms with E-state index in [0.717, 1.165) is 19.0 Å². The van der Waals surface area contributed by atoms with E-state index in [2.05, 4.69) is 43.5 Å². The van der Waals surface area contributed by atoms with E-state index in [1.165, 1.54) is 38.5 Å². The van der Waals surface area contributed by atoms with Crippen molar-refractivity contribution in [3.05, 3.63) is 0 Å². The van der Waals surface area contributed by atoms with E-state index in [1.54, 1.807) is 0 Å². The van der Waals surface area contributed by atoms with Crippen LogP contribution in [-0.2, 0) is 0 Å². The molecule has 0 aliphatic rings. The van der Waals surface area contributed by atoms with Crippen molar-refractivity contribution in [3.63, 3.8) is 0 Å². The van der Waals surface area contributed by atoms with Gasteiger partial charge in [0.05, 0.1) is 6.54 Å². The van der Waals surface area contributed by atoms with Crippen LogP contribution in [0.15, 0.2) is 10.3 Å². The van der Waals surface area contributed by atoms with Gasteiger partial charge in [-0.2, -0.15) is 5.11 Å². The third kappa shape index (κ3) is 10.3. The van der Waals surface area contributed by atoms with Crippen LogP contribution in [0.25, 0.3) is 0 Å². The maximum absolute atomic E-state index is 4.19. The van der Waals surface area contributed by atoms with Gasteiger partial charge < -0.3 is 0 Å². The van der Waals surface area contributed by atoms with E-state index < -0.39 is 0 Å². The average Bonchev–Trinajstić information content (AvgIpc) is 2.35. The van der Waals surface area contributed by atoms with Gasteiger partial charge in [0.25, 0.3) is 0 Å². The van der Waals surface area contributed by atoms with Gasteiger partial charge >= 0.3 is 0 Å². The summed E-state index contributed by atoms with van der Waals surface area (Å²) in [6, 6.07) is 0. The third-order valence-corrected chi connectivity index (χ3v) is 3.52. The topological polar surface area (TPSA) is 36.8 Å². The first kappa shape index (κ1) is 16.4. The van der Waals surface area contributed by atoms with Gasteiger partial charge in [0.2, 0.25) is 0 Å². The van der Waals surface area contributed by atoms with Crippen molar-refractivity contribution in [1.29, 1.82) is 0 Å². The molecule has 0 aromatic rings. The molecule has 2 atom stereocenters. The standard InChI is InChI=1S/C14H31N3/c1-5-7-8-9-10-11-15-17-16-12-14(4)13(3)6-2/h13-14H,5-12H2,1-4H3,(H,15,16). The number of nitrogens with zero attached hydrogens (tertiary/aromatic N) is 2. The Morgan fingerprint density at radius 1 is 0.941 bits per heavy atom. The highest BCUT2D eigenvalue weighted by molar-refractivity contribution is 4.61. The number of hydrogen-bond acceptors (Lipinski definition) is 2. The molecule has 0 fully saturated rings. The maximum atomic E-state index is 4.19. The fraction of sp³-hybridized carbons (Fsp3) is 1.00. The molecule has 0 bridgehead atoms. The minimum atomic E-state index is 0.634. The summed E-state index contributed by atoms with van der Waals surface area (Å²) in [6.07, 6.45) is 7.75. The van der Waals surface area contributed by atoms with Crippen molar-refractivity contribution >= 4 is 0 Å². The minimum Gasteiger partial charge on any atom is -0.292 e. The van der Waals surface area contributed by atoms with Crippen molar-refractivity contribution in [3.8, 4) is 0 Å².